The van der Waals surface area contributed by atoms with E-state index in [1.54, 1.807) is 0 Å². The van der Waals surface area contributed by atoms with Crippen molar-refractivity contribution in [2.45, 2.75) is 58.4 Å². The summed E-state index contributed by atoms with van der Waals surface area (Å²) in [4.78, 5) is 16.9. The van der Waals surface area contributed by atoms with Crippen LogP contribution in [-0.4, -0.2) is 52.5 Å². The van der Waals surface area contributed by atoms with Crippen molar-refractivity contribution in [2.75, 3.05) is 20.6 Å². The molecule has 0 fully saturated rings. The summed E-state index contributed by atoms with van der Waals surface area (Å²) in [6, 6.07) is 14.3. The highest BCUT2D eigenvalue weighted by Gasteiger charge is 2.31. The van der Waals surface area contributed by atoms with E-state index in [9.17, 15) is 4.79 Å². The van der Waals surface area contributed by atoms with Crippen LogP contribution in [0.4, 0.5) is 0 Å². The van der Waals surface area contributed by atoms with Crippen LogP contribution in [0.15, 0.2) is 42.5 Å². The van der Waals surface area contributed by atoms with E-state index in [1.807, 2.05) is 37.3 Å². The van der Waals surface area contributed by atoms with Crippen molar-refractivity contribution in [3.8, 4) is 5.69 Å². The van der Waals surface area contributed by atoms with Gasteiger partial charge in [0.25, 0.3) is 5.91 Å². The molecule has 0 radical (unpaired) electrons. The topological polar surface area (TPSA) is 63.1 Å². The van der Waals surface area contributed by atoms with E-state index in [0.29, 0.717) is 11.4 Å². The lowest BCUT2D eigenvalue weighted by atomic mass is 9.74. The first-order valence-corrected chi connectivity index (χ1v) is 11.7. The summed E-state index contributed by atoms with van der Waals surface area (Å²) in [5.41, 5.74) is 7.50. The van der Waals surface area contributed by atoms with Gasteiger partial charge in [-0.3, -0.25) is 4.79 Å². The highest BCUT2D eigenvalue weighted by molar-refractivity contribution is 5.93. The number of hydrogen-bond acceptors (Lipinski definition) is 4. The Kier molecular flexibility index (Phi) is 6.39. The van der Waals surface area contributed by atoms with Crippen LogP contribution in [0, 0.1) is 13.8 Å². The Morgan fingerprint density at radius 3 is 2.52 bits per heavy atom. The molecule has 1 atom stereocenters. The Hall–Kier alpha value is -2.99. The highest BCUT2D eigenvalue weighted by Crippen LogP contribution is 2.35. The standard InChI is InChI=1S/C27H35N5O/c1-18-12-15-24(27(3,4)17-31(5)6)23-16-20(13-14-22(18)23)28-26(33)25-19(2)29-32(30-25)21-10-8-7-9-11-21/h7-12,15,20H,13-14,16-17H2,1-6H3,(H,28,33)/t20-/m1/s1. The lowest BCUT2D eigenvalue weighted by molar-refractivity contribution is 0.0927. The zero-order chi connectivity index (χ0) is 23.8. The summed E-state index contributed by atoms with van der Waals surface area (Å²) in [5, 5.41) is 12.2. The SMILES string of the molecule is Cc1ccc(C(C)(C)CN(C)C)c2c1CC[C@@H](NC(=O)c1nn(-c3ccccc3)nc1C)C2. The highest BCUT2D eigenvalue weighted by atomic mass is 16.2. The van der Waals surface area contributed by atoms with Gasteiger partial charge in [0, 0.05) is 18.0 Å². The Balaban J connectivity index is 1.56. The maximum Gasteiger partial charge on any atom is 0.273 e. The van der Waals surface area contributed by atoms with Crippen molar-refractivity contribution >= 4 is 5.91 Å². The number of fused-ring (bicyclic) bond motifs is 1. The molecule has 0 spiro atoms. The molecule has 0 saturated heterocycles. The lowest BCUT2D eigenvalue weighted by Crippen LogP contribution is -2.41. The van der Waals surface area contributed by atoms with Crippen molar-refractivity contribution in [1.82, 2.24) is 25.2 Å². The van der Waals surface area contributed by atoms with Crippen LogP contribution < -0.4 is 5.32 Å². The van der Waals surface area contributed by atoms with Crippen LogP contribution in [0.25, 0.3) is 5.69 Å². The Labute approximate surface area is 197 Å². The number of carbonyl (C=O) groups excluding carboxylic acids is 1. The predicted octanol–water partition coefficient (Wildman–Crippen LogP) is 4.01. The van der Waals surface area contributed by atoms with Gasteiger partial charge >= 0.3 is 0 Å². The molecule has 0 aliphatic heterocycles. The molecule has 0 unspecified atom stereocenters. The second kappa shape index (κ2) is 9.10. The number of para-hydroxylation sites is 1. The minimum Gasteiger partial charge on any atom is -0.348 e. The van der Waals surface area contributed by atoms with Gasteiger partial charge in [-0.2, -0.15) is 9.90 Å². The van der Waals surface area contributed by atoms with Gasteiger partial charge in [-0.05, 0) is 81.6 Å². The number of rotatable bonds is 6. The molecule has 1 amide bonds. The minimum atomic E-state index is -0.148. The first-order valence-electron chi connectivity index (χ1n) is 11.7. The van der Waals surface area contributed by atoms with Gasteiger partial charge in [-0.1, -0.05) is 44.2 Å². The third-order valence-electron chi connectivity index (χ3n) is 6.62. The lowest BCUT2D eigenvalue weighted by Gasteiger charge is -2.35. The fourth-order valence-corrected chi connectivity index (χ4v) is 5.21. The summed E-state index contributed by atoms with van der Waals surface area (Å²) in [7, 11) is 4.24. The molecule has 6 nitrogen and oxygen atoms in total. The van der Waals surface area contributed by atoms with Gasteiger partial charge in [0.2, 0.25) is 0 Å². The summed E-state index contributed by atoms with van der Waals surface area (Å²) in [6.07, 6.45) is 2.76. The quantitative estimate of drug-likeness (QED) is 0.623. The third-order valence-corrected chi connectivity index (χ3v) is 6.62. The number of carbonyl (C=O) groups is 1. The van der Waals surface area contributed by atoms with E-state index in [2.05, 4.69) is 67.4 Å². The number of nitrogens with zero attached hydrogens (tertiary/aromatic N) is 4. The minimum absolute atomic E-state index is 0.0299. The van der Waals surface area contributed by atoms with Gasteiger partial charge in [0.1, 0.15) is 0 Å². The second-order valence-electron chi connectivity index (χ2n) is 10.2. The van der Waals surface area contributed by atoms with Crippen LogP contribution in [0.1, 0.15) is 58.7 Å². The zero-order valence-corrected chi connectivity index (χ0v) is 20.6. The molecule has 0 bridgehead atoms. The first-order chi connectivity index (χ1) is 15.7. The molecular weight excluding hydrogens is 410 g/mol. The molecule has 2 aromatic carbocycles. The third kappa shape index (κ3) is 4.86. The van der Waals surface area contributed by atoms with Crippen LogP contribution >= 0.6 is 0 Å². The van der Waals surface area contributed by atoms with Gasteiger partial charge < -0.3 is 10.2 Å². The summed E-state index contributed by atoms with van der Waals surface area (Å²) >= 11 is 0. The van der Waals surface area contributed by atoms with Crippen LogP contribution in [-0.2, 0) is 18.3 Å². The summed E-state index contributed by atoms with van der Waals surface area (Å²) < 4.78 is 0. The summed E-state index contributed by atoms with van der Waals surface area (Å²) in [5.74, 6) is -0.148. The van der Waals surface area contributed by atoms with Crippen molar-refractivity contribution in [3.63, 3.8) is 0 Å². The molecule has 174 valence electrons. The van der Waals surface area contributed by atoms with Crippen molar-refractivity contribution in [2.24, 2.45) is 0 Å². The van der Waals surface area contributed by atoms with E-state index >= 15 is 0 Å². The van der Waals surface area contributed by atoms with Gasteiger partial charge in [-0.15, -0.1) is 5.10 Å². The van der Waals surface area contributed by atoms with Crippen molar-refractivity contribution in [1.29, 1.82) is 0 Å². The predicted molar refractivity (Wildman–Crippen MR) is 132 cm³/mol. The van der Waals surface area contributed by atoms with Crippen molar-refractivity contribution in [3.05, 3.63) is 76.1 Å². The number of aryl methyl sites for hydroxylation is 2. The maximum absolute atomic E-state index is 13.2. The monoisotopic (exact) mass is 445 g/mol. The normalized spacial score (nSPS) is 16.0. The molecule has 1 aromatic heterocycles. The Bertz CT molecular complexity index is 1150. The van der Waals surface area contributed by atoms with Gasteiger partial charge in [0.05, 0.1) is 11.4 Å². The average Bonchev–Trinajstić information content (AvgIpc) is 3.15. The van der Waals surface area contributed by atoms with Crippen LogP contribution in [0.5, 0.6) is 0 Å². The number of aromatic nitrogens is 3. The molecule has 1 aliphatic carbocycles. The maximum atomic E-state index is 13.2. The average molecular weight is 446 g/mol. The molecule has 1 N–H and O–H groups in total. The molecule has 3 aromatic rings. The largest absolute Gasteiger partial charge is 0.348 e. The smallest absolute Gasteiger partial charge is 0.273 e. The number of amides is 1. The number of benzene rings is 2. The van der Waals surface area contributed by atoms with E-state index in [4.69, 9.17) is 0 Å². The van der Waals surface area contributed by atoms with Crippen LogP contribution in [0.3, 0.4) is 0 Å². The number of hydrogen-bond donors (Lipinski definition) is 1. The van der Waals surface area contributed by atoms with Crippen molar-refractivity contribution < 1.29 is 4.79 Å². The molecule has 1 aliphatic rings. The number of nitrogens with one attached hydrogen (secondary N) is 1. The fourth-order valence-electron chi connectivity index (χ4n) is 5.21. The van der Waals surface area contributed by atoms with E-state index in [0.717, 1.165) is 31.5 Å². The van der Waals surface area contributed by atoms with Gasteiger partial charge in [0.15, 0.2) is 5.69 Å². The Morgan fingerprint density at radius 2 is 1.82 bits per heavy atom. The molecule has 0 saturated carbocycles. The van der Waals surface area contributed by atoms with E-state index < -0.39 is 0 Å². The molecule has 6 heteroatoms. The van der Waals surface area contributed by atoms with E-state index in [1.165, 1.54) is 27.1 Å². The summed E-state index contributed by atoms with van der Waals surface area (Å²) in [6.45, 7) is 9.63. The second-order valence-corrected chi connectivity index (χ2v) is 10.2. The van der Waals surface area contributed by atoms with Gasteiger partial charge in [-0.25, -0.2) is 0 Å². The first kappa shape index (κ1) is 23.2. The number of likely N-dealkylation sites (N-methyl/N-ethyl adjacent to an activating group) is 1. The fraction of sp³-hybridized carbons (Fsp3) is 0.444. The molecule has 4 rings (SSSR count). The molecular formula is C27H35N5O. The van der Waals surface area contributed by atoms with E-state index in [-0.39, 0.29) is 17.4 Å². The van der Waals surface area contributed by atoms with Crippen LogP contribution in [0.2, 0.25) is 0 Å². The Morgan fingerprint density at radius 1 is 1.09 bits per heavy atom. The zero-order valence-electron chi connectivity index (χ0n) is 20.6. The molecule has 1 heterocycles. The molecule has 33 heavy (non-hydrogen) atoms.